The summed E-state index contributed by atoms with van der Waals surface area (Å²) in [7, 11) is 3.25. The number of ether oxygens (including phenoxy) is 1. The van der Waals surface area contributed by atoms with Crippen molar-refractivity contribution in [3.05, 3.63) is 41.5 Å². The Labute approximate surface area is 163 Å². The Balaban J connectivity index is 1.52. The molecule has 0 radical (unpaired) electrons. The molecule has 1 aliphatic rings. The molecule has 150 valence electrons. The van der Waals surface area contributed by atoms with Gasteiger partial charge in [-0.1, -0.05) is 22.9 Å². The topological polar surface area (TPSA) is 101 Å². The van der Waals surface area contributed by atoms with Crippen LogP contribution < -0.4 is 10.2 Å². The van der Waals surface area contributed by atoms with Gasteiger partial charge in [0.25, 0.3) is 0 Å². The highest BCUT2D eigenvalue weighted by atomic mass is 16.5. The van der Waals surface area contributed by atoms with E-state index in [0.29, 0.717) is 31.3 Å². The minimum absolute atomic E-state index is 0.00325. The predicted molar refractivity (Wildman–Crippen MR) is 102 cm³/mol. The fourth-order valence-corrected chi connectivity index (χ4v) is 2.99. The maximum Gasteiger partial charge on any atom is 0.317 e. The zero-order chi connectivity index (χ0) is 20.1. The van der Waals surface area contributed by atoms with E-state index in [1.807, 2.05) is 31.2 Å². The van der Waals surface area contributed by atoms with Crippen LogP contribution in [0.15, 0.2) is 28.8 Å². The van der Waals surface area contributed by atoms with Gasteiger partial charge in [0, 0.05) is 39.2 Å². The Morgan fingerprint density at radius 1 is 1.39 bits per heavy atom. The van der Waals surface area contributed by atoms with Crippen molar-refractivity contribution in [2.75, 3.05) is 32.2 Å². The molecule has 1 N–H and O–H groups in total. The number of carbonyl (C=O) groups is 2. The van der Waals surface area contributed by atoms with E-state index in [-0.39, 0.29) is 30.9 Å². The molecule has 1 saturated heterocycles. The maximum absolute atomic E-state index is 12.5. The van der Waals surface area contributed by atoms with E-state index in [9.17, 15) is 9.59 Å². The highest BCUT2D eigenvalue weighted by molar-refractivity contribution is 5.96. The normalized spacial score (nSPS) is 16.5. The number of aryl methyl sites for hydroxylation is 1. The van der Waals surface area contributed by atoms with Crippen LogP contribution >= 0.6 is 0 Å². The van der Waals surface area contributed by atoms with Crippen LogP contribution in [0.1, 0.15) is 23.7 Å². The summed E-state index contributed by atoms with van der Waals surface area (Å²) in [6, 6.07) is 7.23. The third-order valence-corrected chi connectivity index (χ3v) is 4.56. The van der Waals surface area contributed by atoms with E-state index < -0.39 is 0 Å². The monoisotopic (exact) mass is 387 g/mol. The standard InChI is InChI=1S/C19H25N5O4/c1-13-4-6-15(7-5-13)24-11-14(10-18(24)25)20-19(26)23(2)12-17-21-16(22-28-17)8-9-27-3/h4-7,14H,8-12H2,1-3H3,(H,20,26)/t14-/m1/s1. The van der Waals surface area contributed by atoms with Gasteiger partial charge in [0.05, 0.1) is 12.6 Å². The van der Waals surface area contributed by atoms with E-state index in [1.54, 1.807) is 19.1 Å². The van der Waals surface area contributed by atoms with E-state index in [1.165, 1.54) is 4.90 Å². The van der Waals surface area contributed by atoms with Gasteiger partial charge in [-0.2, -0.15) is 4.98 Å². The highest BCUT2D eigenvalue weighted by Gasteiger charge is 2.32. The molecule has 1 aromatic heterocycles. The molecule has 9 heteroatoms. The van der Waals surface area contributed by atoms with Gasteiger partial charge in [0.15, 0.2) is 5.82 Å². The number of carbonyl (C=O) groups excluding carboxylic acids is 2. The summed E-state index contributed by atoms with van der Waals surface area (Å²) in [5.74, 6) is 0.893. The van der Waals surface area contributed by atoms with Gasteiger partial charge in [-0.25, -0.2) is 4.79 Å². The van der Waals surface area contributed by atoms with E-state index >= 15 is 0 Å². The molecular weight excluding hydrogens is 362 g/mol. The van der Waals surface area contributed by atoms with Crippen LogP contribution in [0.2, 0.25) is 0 Å². The number of benzene rings is 1. The van der Waals surface area contributed by atoms with Gasteiger partial charge in [0.2, 0.25) is 11.8 Å². The molecule has 3 amide bonds. The molecule has 2 aromatic rings. The lowest BCUT2D eigenvalue weighted by atomic mass is 10.2. The fraction of sp³-hybridized carbons (Fsp3) is 0.474. The number of urea groups is 1. The summed E-state index contributed by atoms with van der Waals surface area (Å²) in [4.78, 5) is 32.2. The van der Waals surface area contributed by atoms with Crippen LogP contribution in [0.3, 0.4) is 0 Å². The Morgan fingerprint density at radius 2 is 2.14 bits per heavy atom. The second-order valence-electron chi connectivity index (χ2n) is 6.89. The van der Waals surface area contributed by atoms with Crippen LogP contribution in [0, 0.1) is 6.92 Å². The molecule has 1 aliphatic heterocycles. The van der Waals surface area contributed by atoms with Crippen LogP contribution in [-0.2, 0) is 22.5 Å². The van der Waals surface area contributed by atoms with Gasteiger partial charge >= 0.3 is 6.03 Å². The number of hydrogen-bond donors (Lipinski definition) is 1. The maximum atomic E-state index is 12.5. The van der Waals surface area contributed by atoms with Crippen LogP contribution in [0.5, 0.6) is 0 Å². The highest BCUT2D eigenvalue weighted by Crippen LogP contribution is 2.22. The van der Waals surface area contributed by atoms with Crippen molar-refractivity contribution in [1.29, 1.82) is 0 Å². The fourth-order valence-electron chi connectivity index (χ4n) is 2.99. The number of nitrogens with one attached hydrogen (secondary N) is 1. The van der Waals surface area contributed by atoms with Gasteiger partial charge in [0.1, 0.15) is 6.54 Å². The molecule has 9 nitrogen and oxygen atoms in total. The Bertz CT molecular complexity index is 820. The first-order valence-electron chi connectivity index (χ1n) is 9.15. The van der Waals surface area contributed by atoms with E-state index in [4.69, 9.17) is 9.26 Å². The van der Waals surface area contributed by atoms with E-state index in [0.717, 1.165) is 11.3 Å². The van der Waals surface area contributed by atoms with Crippen molar-refractivity contribution in [1.82, 2.24) is 20.4 Å². The predicted octanol–water partition coefficient (Wildman–Crippen LogP) is 1.51. The van der Waals surface area contributed by atoms with Crippen molar-refractivity contribution in [3.8, 4) is 0 Å². The molecule has 0 spiro atoms. The van der Waals surface area contributed by atoms with Crippen molar-refractivity contribution >= 4 is 17.6 Å². The summed E-state index contributed by atoms with van der Waals surface area (Å²) in [6.07, 6.45) is 0.824. The average Bonchev–Trinajstić information content (AvgIpc) is 3.26. The third kappa shape index (κ3) is 4.86. The molecule has 2 heterocycles. The second-order valence-corrected chi connectivity index (χ2v) is 6.89. The number of amides is 3. The first kappa shape index (κ1) is 19.8. The minimum Gasteiger partial charge on any atom is -0.384 e. The van der Waals surface area contributed by atoms with Crippen LogP contribution in [0.4, 0.5) is 10.5 Å². The molecule has 1 aromatic carbocycles. The van der Waals surface area contributed by atoms with Gasteiger partial charge in [-0.05, 0) is 19.1 Å². The average molecular weight is 387 g/mol. The van der Waals surface area contributed by atoms with E-state index in [2.05, 4.69) is 15.5 Å². The number of rotatable bonds is 7. The van der Waals surface area contributed by atoms with Gasteiger partial charge < -0.3 is 24.4 Å². The van der Waals surface area contributed by atoms with Crippen LogP contribution in [-0.4, -0.2) is 60.3 Å². The lowest BCUT2D eigenvalue weighted by molar-refractivity contribution is -0.117. The molecule has 0 saturated carbocycles. The summed E-state index contributed by atoms with van der Waals surface area (Å²) in [5.41, 5.74) is 1.98. The number of methoxy groups -OCH3 is 1. The second kappa shape index (κ2) is 8.83. The summed E-state index contributed by atoms with van der Waals surface area (Å²) in [5, 5.41) is 6.75. The first-order valence-corrected chi connectivity index (χ1v) is 9.15. The summed E-state index contributed by atoms with van der Waals surface area (Å²) >= 11 is 0. The van der Waals surface area contributed by atoms with Crippen LogP contribution in [0.25, 0.3) is 0 Å². The lowest BCUT2D eigenvalue weighted by Gasteiger charge is -2.20. The molecule has 0 bridgehead atoms. The van der Waals surface area contributed by atoms with Crippen molar-refractivity contribution < 1.29 is 18.8 Å². The zero-order valence-corrected chi connectivity index (χ0v) is 16.3. The molecular formula is C19H25N5O4. The Morgan fingerprint density at radius 3 is 2.86 bits per heavy atom. The summed E-state index contributed by atoms with van der Waals surface area (Å²) < 4.78 is 10.1. The molecule has 1 atom stereocenters. The molecule has 28 heavy (non-hydrogen) atoms. The number of hydrogen-bond acceptors (Lipinski definition) is 6. The minimum atomic E-state index is -0.291. The zero-order valence-electron chi connectivity index (χ0n) is 16.3. The quantitative estimate of drug-likeness (QED) is 0.773. The molecule has 3 rings (SSSR count). The lowest BCUT2D eigenvalue weighted by Crippen LogP contribution is -2.44. The Hall–Kier alpha value is -2.94. The largest absolute Gasteiger partial charge is 0.384 e. The summed E-state index contributed by atoms with van der Waals surface area (Å²) in [6.45, 7) is 3.14. The number of aromatic nitrogens is 2. The first-order chi connectivity index (χ1) is 13.5. The smallest absolute Gasteiger partial charge is 0.317 e. The molecule has 0 unspecified atom stereocenters. The molecule has 0 aliphatic carbocycles. The molecule has 1 fully saturated rings. The van der Waals surface area contributed by atoms with Gasteiger partial charge in [-0.3, -0.25) is 4.79 Å². The SMILES string of the molecule is COCCc1noc(CN(C)C(=O)N[C@@H]2CC(=O)N(c3ccc(C)cc3)C2)n1. The number of anilines is 1. The van der Waals surface area contributed by atoms with Crippen molar-refractivity contribution in [3.63, 3.8) is 0 Å². The van der Waals surface area contributed by atoms with Gasteiger partial charge in [-0.15, -0.1) is 0 Å². The number of nitrogens with zero attached hydrogens (tertiary/aromatic N) is 4. The van der Waals surface area contributed by atoms with Crippen molar-refractivity contribution in [2.45, 2.75) is 32.4 Å². The Kier molecular flexibility index (Phi) is 6.25. The van der Waals surface area contributed by atoms with Crippen molar-refractivity contribution in [2.24, 2.45) is 0 Å². The third-order valence-electron chi connectivity index (χ3n) is 4.56.